The van der Waals surface area contributed by atoms with Gasteiger partial charge in [-0.15, -0.1) is 0 Å². The Morgan fingerprint density at radius 3 is 2.83 bits per heavy atom. The van der Waals surface area contributed by atoms with E-state index in [0.717, 1.165) is 35.1 Å². The fraction of sp³-hybridized carbons (Fsp3) is 0.261. The Morgan fingerprint density at radius 1 is 1.23 bits per heavy atom. The quantitative estimate of drug-likeness (QED) is 0.557. The Balaban J connectivity index is 1.32. The molecule has 0 radical (unpaired) electrons. The molecule has 152 valence electrons. The van der Waals surface area contributed by atoms with Gasteiger partial charge in [0.2, 0.25) is 0 Å². The van der Waals surface area contributed by atoms with Crippen LogP contribution in [-0.2, 0) is 6.54 Å². The number of carbonyl (C=O) groups is 1. The smallest absolute Gasteiger partial charge is 0.254 e. The molecule has 1 saturated heterocycles. The number of likely N-dealkylation sites (tertiary alicyclic amines) is 1. The van der Waals surface area contributed by atoms with Gasteiger partial charge in [0, 0.05) is 48.0 Å². The van der Waals surface area contributed by atoms with Crippen LogP contribution in [0.1, 0.15) is 23.7 Å². The Hall–Kier alpha value is -3.48. The van der Waals surface area contributed by atoms with Crippen LogP contribution in [0.25, 0.3) is 22.2 Å². The lowest BCUT2D eigenvalue weighted by atomic mass is 10.1. The highest BCUT2D eigenvalue weighted by molar-refractivity contribution is 5.94. The van der Waals surface area contributed by atoms with Crippen molar-refractivity contribution >= 4 is 16.8 Å². The van der Waals surface area contributed by atoms with E-state index in [1.807, 2.05) is 17.3 Å². The van der Waals surface area contributed by atoms with E-state index in [2.05, 4.69) is 45.0 Å². The SMILES string of the molecule is CC1CC(Cn2ccc3cc(-c4cn[nH]c4)ncc32)CN1C(=O)c1ccc(F)cc1. The van der Waals surface area contributed by atoms with Gasteiger partial charge in [0.25, 0.3) is 5.91 Å². The molecular formula is C23H22FN5O. The van der Waals surface area contributed by atoms with Crippen molar-refractivity contribution < 1.29 is 9.18 Å². The first-order chi connectivity index (χ1) is 14.6. The number of aromatic amines is 1. The number of hydrogen-bond donors (Lipinski definition) is 1. The third kappa shape index (κ3) is 3.36. The molecule has 1 aromatic carbocycles. The summed E-state index contributed by atoms with van der Waals surface area (Å²) in [7, 11) is 0. The minimum Gasteiger partial charge on any atom is -0.346 e. The molecule has 0 spiro atoms. The molecule has 7 heteroatoms. The molecule has 4 heterocycles. The highest BCUT2D eigenvalue weighted by atomic mass is 19.1. The first kappa shape index (κ1) is 18.5. The van der Waals surface area contributed by atoms with Gasteiger partial charge in [-0.25, -0.2) is 4.39 Å². The molecule has 1 aliphatic heterocycles. The predicted molar refractivity (Wildman–Crippen MR) is 112 cm³/mol. The van der Waals surface area contributed by atoms with E-state index in [9.17, 15) is 9.18 Å². The van der Waals surface area contributed by atoms with Crippen LogP contribution in [0.4, 0.5) is 4.39 Å². The number of amides is 1. The molecule has 1 fully saturated rings. The minimum absolute atomic E-state index is 0.0335. The second kappa shape index (κ2) is 7.40. The Kier molecular flexibility index (Phi) is 4.58. The topological polar surface area (TPSA) is 66.8 Å². The lowest BCUT2D eigenvalue weighted by molar-refractivity contribution is 0.0742. The molecule has 4 aromatic rings. The molecule has 1 amide bonds. The summed E-state index contributed by atoms with van der Waals surface area (Å²) < 4.78 is 15.4. The molecule has 6 nitrogen and oxygen atoms in total. The Labute approximate surface area is 173 Å². The number of pyridine rings is 1. The fourth-order valence-electron chi connectivity index (χ4n) is 4.39. The largest absolute Gasteiger partial charge is 0.346 e. The normalized spacial score (nSPS) is 18.9. The number of benzene rings is 1. The van der Waals surface area contributed by atoms with Gasteiger partial charge in [0.1, 0.15) is 5.82 Å². The molecule has 1 N–H and O–H groups in total. The zero-order valence-corrected chi connectivity index (χ0v) is 16.6. The molecule has 0 aliphatic carbocycles. The Bertz CT molecular complexity index is 1180. The van der Waals surface area contributed by atoms with Gasteiger partial charge in [-0.3, -0.25) is 14.9 Å². The third-order valence-electron chi connectivity index (χ3n) is 5.92. The maximum Gasteiger partial charge on any atom is 0.254 e. The van der Waals surface area contributed by atoms with Gasteiger partial charge in [0.05, 0.1) is 23.6 Å². The van der Waals surface area contributed by atoms with Crippen LogP contribution in [0.5, 0.6) is 0 Å². The van der Waals surface area contributed by atoms with Gasteiger partial charge in [-0.1, -0.05) is 0 Å². The average Bonchev–Trinajstić information content (AvgIpc) is 3.49. The number of halogens is 1. The summed E-state index contributed by atoms with van der Waals surface area (Å²) >= 11 is 0. The zero-order valence-electron chi connectivity index (χ0n) is 16.6. The molecule has 0 saturated carbocycles. The van der Waals surface area contributed by atoms with E-state index < -0.39 is 0 Å². The summed E-state index contributed by atoms with van der Waals surface area (Å²) in [5, 5.41) is 7.93. The monoisotopic (exact) mass is 403 g/mol. The number of rotatable bonds is 4. The van der Waals surface area contributed by atoms with Crippen molar-refractivity contribution in [2.24, 2.45) is 5.92 Å². The minimum atomic E-state index is -0.331. The number of H-pyrrole nitrogens is 1. The van der Waals surface area contributed by atoms with Gasteiger partial charge in [-0.2, -0.15) is 5.10 Å². The van der Waals surface area contributed by atoms with Gasteiger partial charge in [-0.05, 0) is 55.7 Å². The van der Waals surface area contributed by atoms with Crippen molar-refractivity contribution in [1.82, 2.24) is 24.6 Å². The van der Waals surface area contributed by atoms with Gasteiger partial charge >= 0.3 is 0 Å². The highest BCUT2D eigenvalue weighted by Crippen LogP contribution is 2.28. The Morgan fingerprint density at radius 2 is 2.07 bits per heavy atom. The van der Waals surface area contributed by atoms with Crippen LogP contribution in [-0.4, -0.2) is 43.1 Å². The maximum absolute atomic E-state index is 13.2. The first-order valence-corrected chi connectivity index (χ1v) is 10.1. The lowest BCUT2D eigenvalue weighted by Gasteiger charge is -2.21. The van der Waals surface area contributed by atoms with Crippen molar-refractivity contribution in [3.63, 3.8) is 0 Å². The number of fused-ring (bicyclic) bond motifs is 1. The highest BCUT2D eigenvalue weighted by Gasteiger charge is 2.33. The van der Waals surface area contributed by atoms with Crippen molar-refractivity contribution in [2.75, 3.05) is 6.54 Å². The third-order valence-corrected chi connectivity index (χ3v) is 5.92. The van der Waals surface area contributed by atoms with Gasteiger partial charge < -0.3 is 9.47 Å². The standard InChI is InChI=1S/C23H22FN5O/c1-15-8-16(14-29(15)23(30)17-2-4-20(24)5-3-17)13-28-7-6-18-9-21(25-12-22(18)28)19-10-26-27-11-19/h2-7,9-12,15-16H,8,13-14H2,1H3,(H,26,27). The van der Waals surface area contributed by atoms with E-state index in [1.165, 1.54) is 12.1 Å². The van der Waals surface area contributed by atoms with Crippen LogP contribution < -0.4 is 0 Å². The number of hydrogen-bond acceptors (Lipinski definition) is 3. The number of nitrogens with zero attached hydrogens (tertiary/aromatic N) is 4. The van der Waals surface area contributed by atoms with E-state index in [-0.39, 0.29) is 17.8 Å². The van der Waals surface area contributed by atoms with Crippen LogP contribution in [0.3, 0.4) is 0 Å². The maximum atomic E-state index is 13.2. The zero-order chi connectivity index (χ0) is 20.7. The number of aromatic nitrogens is 4. The average molecular weight is 403 g/mol. The molecular weight excluding hydrogens is 381 g/mol. The molecule has 2 atom stereocenters. The van der Waals surface area contributed by atoms with Crippen molar-refractivity contribution in [3.05, 3.63) is 72.6 Å². The van der Waals surface area contributed by atoms with Crippen LogP contribution >= 0.6 is 0 Å². The summed E-state index contributed by atoms with van der Waals surface area (Å²) in [5.41, 5.74) is 3.47. The second-order valence-electron chi connectivity index (χ2n) is 8.00. The predicted octanol–water partition coefficient (Wildman–Crippen LogP) is 4.12. The second-order valence-corrected chi connectivity index (χ2v) is 8.00. The molecule has 5 rings (SSSR count). The van der Waals surface area contributed by atoms with E-state index >= 15 is 0 Å². The summed E-state index contributed by atoms with van der Waals surface area (Å²) in [6.45, 7) is 3.60. The summed E-state index contributed by atoms with van der Waals surface area (Å²) in [4.78, 5) is 19.3. The molecule has 1 aliphatic rings. The molecule has 30 heavy (non-hydrogen) atoms. The van der Waals surface area contributed by atoms with Crippen molar-refractivity contribution in [2.45, 2.75) is 25.9 Å². The van der Waals surface area contributed by atoms with Crippen molar-refractivity contribution in [3.8, 4) is 11.3 Å². The van der Waals surface area contributed by atoms with Crippen molar-refractivity contribution in [1.29, 1.82) is 0 Å². The first-order valence-electron chi connectivity index (χ1n) is 10.1. The fourth-order valence-corrected chi connectivity index (χ4v) is 4.39. The summed E-state index contributed by atoms with van der Waals surface area (Å²) in [5.74, 6) is -0.00903. The van der Waals surface area contributed by atoms with Crippen LogP contribution in [0.2, 0.25) is 0 Å². The van der Waals surface area contributed by atoms with E-state index in [1.54, 1.807) is 18.3 Å². The molecule has 2 unspecified atom stereocenters. The summed E-state index contributed by atoms with van der Waals surface area (Å²) in [6.07, 6.45) is 8.51. The van der Waals surface area contributed by atoms with Crippen LogP contribution in [0.15, 0.2) is 61.2 Å². The van der Waals surface area contributed by atoms with Gasteiger partial charge in [0.15, 0.2) is 0 Å². The lowest BCUT2D eigenvalue weighted by Crippen LogP contribution is -2.34. The van der Waals surface area contributed by atoms with E-state index in [4.69, 9.17) is 0 Å². The number of carbonyl (C=O) groups excluding carboxylic acids is 1. The van der Waals surface area contributed by atoms with E-state index in [0.29, 0.717) is 18.0 Å². The number of nitrogens with one attached hydrogen (secondary N) is 1. The molecule has 3 aromatic heterocycles. The summed E-state index contributed by atoms with van der Waals surface area (Å²) in [6, 6.07) is 10.1. The molecule has 0 bridgehead atoms. The van der Waals surface area contributed by atoms with Crippen LogP contribution in [0, 0.1) is 11.7 Å².